The fourth-order valence-electron chi connectivity index (χ4n) is 2.81. The third-order valence-corrected chi connectivity index (χ3v) is 4.75. The number of anilines is 1. The molecule has 1 aliphatic rings. The summed E-state index contributed by atoms with van der Waals surface area (Å²) in [6.45, 7) is 6.55. The second-order valence-electron chi connectivity index (χ2n) is 6.02. The lowest BCUT2D eigenvalue weighted by molar-refractivity contribution is 0.238. The van der Waals surface area contributed by atoms with Gasteiger partial charge >= 0.3 is 0 Å². The first-order chi connectivity index (χ1) is 10.0. The number of nitrogens with zero attached hydrogens (tertiary/aromatic N) is 2. The maximum atomic E-state index is 8.97. The van der Waals surface area contributed by atoms with Gasteiger partial charge in [-0.1, -0.05) is 25.4 Å². The van der Waals surface area contributed by atoms with Crippen LogP contribution in [0.2, 0.25) is 0 Å². The van der Waals surface area contributed by atoms with Crippen LogP contribution in [0.3, 0.4) is 0 Å². The van der Waals surface area contributed by atoms with E-state index in [1.54, 1.807) is 7.11 Å². The third kappa shape index (κ3) is 3.23. The van der Waals surface area contributed by atoms with E-state index in [2.05, 4.69) is 23.9 Å². The van der Waals surface area contributed by atoms with E-state index in [1.807, 2.05) is 18.2 Å². The van der Waals surface area contributed by atoms with Crippen LogP contribution in [0.5, 0.6) is 5.75 Å². The van der Waals surface area contributed by atoms with Crippen molar-refractivity contribution in [2.75, 3.05) is 25.1 Å². The van der Waals surface area contributed by atoms with Crippen LogP contribution in [-0.2, 0) is 0 Å². The van der Waals surface area contributed by atoms with E-state index in [0.717, 1.165) is 42.9 Å². The Balaban J connectivity index is 2.30. The second-order valence-corrected chi connectivity index (χ2v) is 6.02. The summed E-state index contributed by atoms with van der Waals surface area (Å²) in [7, 11) is 1.65. The summed E-state index contributed by atoms with van der Waals surface area (Å²) < 4.78 is 5.31. The topological polar surface area (TPSA) is 71.1 Å². The Morgan fingerprint density at radius 3 is 2.62 bits per heavy atom. The molecule has 2 rings (SSSR count). The third-order valence-electron chi connectivity index (χ3n) is 4.75. The Kier molecular flexibility index (Phi) is 4.60. The number of hydrogen-bond acceptors (Lipinski definition) is 4. The van der Waals surface area contributed by atoms with Crippen LogP contribution in [0.4, 0.5) is 5.69 Å². The van der Waals surface area contributed by atoms with Crippen LogP contribution >= 0.6 is 0 Å². The lowest BCUT2D eigenvalue weighted by atomic mass is 9.78. The molecule has 0 aromatic heterocycles. The molecule has 21 heavy (non-hydrogen) atoms. The van der Waals surface area contributed by atoms with Gasteiger partial charge < -0.3 is 20.6 Å². The molecule has 0 radical (unpaired) electrons. The Morgan fingerprint density at radius 1 is 1.43 bits per heavy atom. The smallest absolute Gasteiger partial charge is 0.172 e. The number of piperidine rings is 1. The molecule has 3 N–H and O–H groups in total. The molecular weight excluding hydrogens is 266 g/mol. The molecule has 0 aliphatic carbocycles. The second kappa shape index (κ2) is 6.24. The van der Waals surface area contributed by atoms with E-state index in [9.17, 15) is 0 Å². The molecule has 0 amide bonds. The molecule has 5 heteroatoms. The van der Waals surface area contributed by atoms with Crippen molar-refractivity contribution < 1.29 is 9.94 Å². The summed E-state index contributed by atoms with van der Waals surface area (Å²) in [5.74, 6) is 0.916. The normalized spacial score (nSPS) is 18.6. The number of oxime groups is 1. The molecule has 1 fully saturated rings. The minimum Gasteiger partial charge on any atom is -0.497 e. The number of amidine groups is 1. The molecule has 0 spiro atoms. The summed E-state index contributed by atoms with van der Waals surface area (Å²) in [5, 5.41) is 12.1. The van der Waals surface area contributed by atoms with Crippen molar-refractivity contribution in [2.45, 2.75) is 33.1 Å². The highest BCUT2D eigenvalue weighted by Crippen LogP contribution is 2.37. The lowest BCUT2D eigenvalue weighted by Crippen LogP contribution is -2.39. The average molecular weight is 291 g/mol. The SMILES string of the molecule is CCC1(C)CCN(c2cc(OC)ccc2/C(N)=N/O)CC1. The van der Waals surface area contributed by atoms with Gasteiger partial charge in [-0.05, 0) is 30.4 Å². The molecule has 0 atom stereocenters. The standard InChI is InChI=1S/C16H25N3O2/c1-4-16(2)7-9-19(10-8-16)14-11-12(21-3)5-6-13(14)15(17)18-20/h5-6,11,20H,4,7-10H2,1-3H3,(H2,17,18). The van der Waals surface area contributed by atoms with Crippen LogP contribution in [0.1, 0.15) is 38.7 Å². The molecule has 116 valence electrons. The molecule has 1 saturated heterocycles. The number of ether oxygens (including phenoxy) is 1. The number of rotatable bonds is 4. The largest absolute Gasteiger partial charge is 0.497 e. The van der Waals surface area contributed by atoms with Gasteiger partial charge in [0, 0.05) is 24.7 Å². The van der Waals surface area contributed by atoms with Gasteiger partial charge in [0.15, 0.2) is 5.84 Å². The average Bonchev–Trinajstić information content (AvgIpc) is 2.54. The van der Waals surface area contributed by atoms with Crippen LogP contribution in [-0.4, -0.2) is 31.2 Å². The van der Waals surface area contributed by atoms with Crippen molar-refractivity contribution in [1.29, 1.82) is 0 Å². The molecule has 1 heterocycles. The minimum absolute atomic E-state index is 0.136. The highest BCUT2D eigenvalue weighted by Gasteiger charge is 2.29. The van der Waals surface area contributed by atoms with Crippen molar-refractivity contribution in [1.82, 2.24) is 0 Å². The summed E-state index contributed by atoms with van der Waals surface area (Å²) in [4.78, 5) is 2.30. The monoisotopic (exact) mass is 291 g/mol. The fourth-order valence-corrected chi connectivity index (χ4v) is 2.81. The Morgan fingerprint density at radius 2 is 2.10 bits per heavy atom. The van der Waals surface area contributed by atoms with Gasteiger partial charge in [-0.15, -0.1) is 0 Å². The van der Waals surface area contributed by atoms with Crippen LogP contribution in [0.15, 0.2) is 23.4 Å². The van der Waals surface area contributed by atoms with Crippen LogP contribution < -0.4 is 15.4 Å². The van der Waals surface area contributed by atoms with Gasteiger partial charge in [-0.2, -0.15) is 0 Å². The maximum Gasteiger partial charge on any atom is 0.172 e. The van der Waals surface area contributed by atoms with Gasteiger partial charge in [-0.25, -0.2) is 0 Å². The van der Waals surface area contributed by atoms with Gasteiger partial charge in [0.2, 0.25) is 0 Å². The lowest BCUT2D eigenvalue weighted by Gasteiger charge is -2.40. The predicted molar refractivity (Wildman–Crippen MR) is 85.3 cm³/mol. The quantitative estimate of drug-likeness (QED) is 0.387. The summed E-state index contributed by atoms with van der Waals surface area (Å²) in [6, 6.07) is 5.63. The zero-order valence-electron chi connectivity index (χ0n) is 13.1. The highest BCUT2D eigenvalue weighted by molar-refractivity contribution is 6.02. The van der Waals surface area contributed by atoms with Gasteiger partial charge in [0.05, 0.1) is 12.8 Å². The van der Waals surface area contributed by atoms with E-state index in [-0.39, 0.29) is 5.84 Å². The fraction of sp³-hybridized carbons (Fsp3) is 0.562. The Bertz CT molecular complexity index is 520. The van der Waals surface area contributed by atoms with E-state index in [0.29, 0.717) is 5.41 Å². The molecule has 0 bridgehead atoms. The minimum atomic E-state index is 0.136. The summed E-state index contributed by atoms with van der Waals surface area (Å²) in [6.07, 6.45) is 3.50. The molecule has 0 unspecified atom stereocenters. The first-order valence-corrected chi connectivity index (χ1v) is 7.44. The Hall–Kier alpha value is -1.91. The van der Waals surface area contributed by atoms with Gasteiger partial charge in [-0.3, -0.25) is 0 Å². The molecule has 1 aliphatic heterocycles. The first-order valence-electron chi connectivity index (χ1n) is 7.44. The van der Waals surface area contributed by atoms with Crippen LogP contribution in [0.25, 0.3) is 0 Å². The zero-order valence-corrected chi connectivity index (χ0v) is 13.1. The van der Waals surface area contributed by atoms with Crippen molar-refractivity contribution >= 4 is 11.5 Å². The van der Waals surface area contributed by atoms with E-state index in [1.165, 1.54) is 6.42 Å². The molecule has 5 nitrogen and oxygen atoms in total. The summed E-state index contributed by atoms with van der Waals surface area (Å²) in [5.41, 5.74) is 7.95. The highest BCUT2D eigenvalue weighted by atomic mass is 16.5. The van der Waals surface area contributed by atoms with E-state index in [4.69, 9.17) is 15.7 Å². The number of nitrogens with two attached hydrogens (primary N) is 1. The predicted octanol–water partition coefficient (Wildman–Crippen LogP) is 2.81. The summed E-state index contributed by atoms with van der Waals surface area (Å²) >= 11 is 0. The van der Waals surface area contributed by atoms with Crippen molar-refractivity contribution in [2.24, 2.45) is 16.3 Å². The van der Waals surface area contributed by atoms with Crippen molar-refractivity contribution in [3.8, 4) is 5.75 Å². The maximum absolute atomic E-state index is 8.97. The number of hydrogen-bond donors (Lipinski definition) is 2. The van der Waals surface area contributed by atoms with Gasteiger partial charge in [0.25, 0.3) is 0 Å². The van der Waals surface area contributed by atoms with Crippen LogP contribution in [0, 0.1) is 5.41 Å². The van der Waals surface area contributed by atoms with Gasteiger partial charge in [0.1, 0.15) is 5.75 Å². The molecule has 1 aromatic carbocycles. The first kappa shape index (κ1) is 15.5. The van der Waals surface area contributed by atoms with E-state index >= 15 is 0 Å². The van der Waals surface area contributed by atoms with Crippen molar-refractivity contribution in [3.63, 3.8) is 0 Å². The molecular formula is C16H25N3O2. The van der Waals surface area contributed by atoms with Crippen molar-refractivity contribution in [3.05, 3.63) is 23.8 Å². The number of methoxy groups -OCH3 is 1. The van der Waals surface area contributed by atoms with E-state index < -0.39 is 0 Å². The Labute approximate surface area is 126 Å². The molecule has 0 saturated carbocycles. The molecule has 1 aromatic rings. The number of benzene rings is 1. The zero-order chi connectivity index (χ0) is 15.5.